The van der Waals surface area contributed by atoms with Crippen molar-refractivity contribution in [2.75, 3.05) is 0 Å². The lowest BCUT2D eigenvalue weighted by atomic mass is 9.72. The smallest absolute Gasteiger partial charge is 0.170 e. The third-order valence-corrected chi connectivity index (χ3v) is 6.27. The van der Waals surface area contributed by atoms with E-state index in [0.717, 1.165) is 51.8 Å². The van der Waals surface area contributed by atoms with Gasteiger partial charge in [0.15, 0.2) is 5.65 Å². The first-order valence-corrected chi connectivity index (χ1v) is 10.6. The standard InChI is InChI=1S/C26H25N5.CH4/c1-3-5-7-18(4-2)21-16-22-23(12-15-31-17-28-30-25(22)31)29-24(21)19-8-10-20(11-9-19)26(27)13-6-14-26;/h3-5,7-12,15-17H,1,6,13-14,27H2,2H3;1H4/b7-5-,18-4+;. The summed E-state index contributed by atoms with van der Waals surface area (Å²) >= 11 is 0. The van der Waals surface area contributed by atoms with Gasteiger partial charge in [-0.1, -0.05) is 62.6 Å². The summed E-state index contributed by atoms with van der Waals surface area (Å²) in [6.45, 7) is 5.84. The average molecular weight is 424 g/mol. The Morgan fingerprint density at radius 3 is 2.62 bits per heavy atom. The van der Waals surface area contributed by atoms with Crippen LogP contribution in [0.25, 0.3) is 33.4 Å². The van der Waals surface area contributed by atoms with Crippen LogP contribution in [-0.4, -0.2) is 19.6 Å². The average Bonchev–Trinajstić information content (AvgIpc) is 3.27. The molecule has 5 rings (SSSR count). The molecule has 3 heterocycles. The molecule has 0 bridgehead atoms. The highest BCUT2D eigenvalue weighted by Gasteiger charge is 2.34. The first-order chi connectivity index (χ1) is 15.1. The predicted octanol–water partition coefficient (Wildman–Crippen LogP) is 6.06. The van der Waals surface area contributed by atoms with Gasteiger partial charge in [0.1, 0.15) is 6.33 Å². The second kappa shape index (κ2) is 8.52. The summed E-state index contributed by atoms with van der Waals surface area (Å²) in [6.07, 6.45) is 14.8. The topological polar surface area (TPSA) is 69.1 Å². The van der Waals surface area contributed by atoms with Crippen molar-refractivity contribution in [3.63, 3.8) is 0 Å². The summed E-state index contributed by atoms with van der Waals surface area (Å²) in [6, 6.07) is 12.8. The Morgan fingerprint density at radius 2 is 1.97 bits per heavy atom. The van der Waals surface area contributed by atoms with Crippen LogP contribution in [0.4, 0.5) is 0 Å². The van der Waals surface area contributed by atoms with Crippen molar-refractivity contribution < 1.29 is 0 Å². The number of hydrogen-bond acceptors (Lipinski definition) is 4. The third-order valence-electron chi connectivity index (χ3n) is 6.27. The predicted molar refractivity (Wildman–Crippen MR) is 133 cm³/mol. The summed E-state index contributed by atoms with van der Waals surface area (Å²) in [7, 11) is 0. The fraction of sp³-hybridized carbons (Fsp3) is 0.222. The normalized spacial score (nSPS) is 15.6. The molecule has 0 radical (unpaired) electrons. The van der Waals surface area contributed by atoms with Gasteiger partial charge in [0.2, 0.25) is 0 Å². The van der Waals surface area contributed by atoms with Crippen molar-refractivity contribution in [3.8, 4) is 11.3 Å². The Labute approximate surface area is 189 Å². The van der Waals surface area contributed by atoms with E-state index in [1.165, 1.54) is 12.0 Å². The molecule has 3 aromatic heterocycles. The fourth-order valence-corrected chi connectivity index (χ4v) is 4.29. The Morgan fingerprint density at radius 1 is 1.19 bits per heavy atom. The molecule has 1 fully saturated rings. The number of nitrogens with zero attached hydrogens (tertiary/aromatic N) is 4. The molecule has 4 aromatic rings. The number of aromatic nitrogens is 4. The van der Waals surface area contributed by atoms with Gasteiger partial charge in [-0.25, -0.2) is 4.98 Å². The molecule has 0 saturated heterocycles. The molecule has 0 spiro atoms. The maximum absolute atomic E-state index is 6.53. The molecule has 1 saturated carbocycles. The van der Waals surface area contributed by atoms with Crippen molar-refractivity contribution in [3.05, 3.63) is 90.9 Å². The van der Waals surface area contributed by atoms with Crippen LogP contribution in [0.5, 0.6) is 0 Å². The Kier molecular flexibility index (Phi) is 5.76. The van der Waals surface area contributed by atoms with E-state index in [1.807, 2.05) is 29.7 Å². The van der Waals surface area contributed by atoms with Gasteiger partial charge in [0.25, 0.3) is 0 Å². The van der Waals surface area contributed by atoms with E-state index >= 15 is 0 Å². The van der Waals surface area contributed by atoms with Gasteiger partial charge in [-0.05, 0) is 49.5 Å². The minimum Gasteiger partial charge on any atom is -0.321 e. The van der Waals surface area contributed by atoms with Gasteiger partial charge in [-0.3, -0.25) is 4.40 Å². The van der Waals surface area contributed by atoms with Crippen molar-refractivity contribution in [1.29, 1.82) is 0 Å². The van der Waals surface area contributed by atoms with E-state index in [4.69, 9.17) is 10.7 Å². The van der Waals surface area contributed by atoms with Crippen LogP contribution in [0, 0.1) is 0 Å². The number of rotatable bonds is 5. The maximum Gasteiger partial charge on any atom is 0.170 e. The lowest BCUT2D eigenvalue weighted by molar-refractivity contribution is 0.253. The van der Waals surface area contributed by atoms with Crippen molar-refractivity contribution in [2.24, 2.45) is 5.73 Å². The number of hydrogen-bond donors (Lipinski definition) is 1. The van der Waals surface area contributed by atoms with Crippen LogP contribution in [0.1, 0.15) is 44.7 Å². The highest BCUT2D eigenvalue weighted by atomic mass is 15.2. The van der Waals surface area contributed by atoms with Crippen molar-refractivity contribution in [2.45, 2.75) is 39.2 Å². The summed E-state index contributed by atoms with van der Waals surface area (Å²) in [5, 5.41) is 9.32. The van der Waals surface area contributed by atoms with Gasteiger partial charge in [0, 0.05) is 28.2 Å². The van der Waals surface area contributed by atoms with Gasteiger partial charge < -0.3 is 5.73 Å². The zero-order valence-electron chi connectivity index (χ0n) is 17.6. The molecule has 0 atom stereocenters. The molecule has 0 amide bonds. The first kappa shape index (κ1) is 21.7. The monoisotopic (exact) mass is 423 g/mol. The van der Waals surface area contributed by atoms with E-state index < -0.39 is 0 Å². The van der Waals surface area contributed by atoms with E-state index in [2.05, 4.69) is 59.3 Å². The largest absolute Gasteiger partial charge is 0.321 e. The van der Waals surface area contributed by atoms with Gasteiger partial charge in [-0.2, -0.15) is 0 Å². The lowest BCUT2D eigenvalue weighted by Crippen LogP contribution is -2.43. The summed E-state index contributed by atoms with van der Waals surface area (Å²) < 4.78 is 1.91. The highest BCUT2D eigenvalue weighted by Crippen LogP contribution is 2.40. The number of fused-ring (bicyclic) bond motifs is 3. The molecule has 5 nitrogen and oxygen atoms in total. The number of benzene rings is 1. The Hall–Kier alpha value is -3.57. The molecular formula is C27H29N5. The number of pyridine rings is 2. The van der Waals surface area contributed by atoms with Gasteiger partial charge in [-0.15, -0.1) is 10.2 Å². The van der Waals surface area contributed by atoms with Crippen LogP contribution in [0.15, 0.2) is 79.8 Å². The van der Waals surface area contributed by atoms with Crippen molar-refractivity contribution in [1.82, 2.24) is 19.6 Å². The maximum atomic E-state index is 6.53. The molecule has 2 N–H and O–H groups in total. The Balaban J connectivity index is 0.00000245. The number of allylic oxidation sites excluding steroid dienone is 5. The van der Waals surface area contributed by atoms with E-state index in [1.54, 1.807) is 12.4 Å². The molecular weight excluding hydrogens is 394 g/mol. The van der Waals surface area contributed by atoms with Crippen LogP contribution in [-0.2, 0) is 5.54 Å². The minimum absolute atomic E-state index is 0. The van der Waals surface area contributed by atoms with Gasteiger partial charge >= 0.3 is 0 Å². The third kappa shape index (κ3) is 3.55. The Bertz CT molecular complexity index is 1340. The minimum atomic E-state index is -0.168. The van der Waals surface area contributed by atoms with Gasteiger partial charge in [0.05, 0.1) is 11.2 Å². The summed E-state index contributed by atoms with van der Waals surface area (Å²) in [4.78, 5) is 5.07. The zero-order valence-corrected chi connectivity index (χ0v) is 17.6. The van der Waals surface area contributed by atoms with Crippen molar-refractivity contribution >= 4 is 22.1 Å². The quantitative estimate of drug-likeness (QED) is 0.396. The molecule has 5 heteroatoms. The lowest BCUT2D eigenvalue weighted by Gasteiger charge is -2.38. The van der Waals surface area contributed by atoms with Crippen LogP contribution < -0.4 is 5.73 Å². The summed E-state index contributed by atoms with van der Waals surface area (Å²) in [5.74, 6) is 0. The van der Waals surface area contributed by atoms with E-state index in [9.17, 15) is 0 Å². The van der Waals surface area contributed by atoms with E-state index in [-0.39, 0.29) is 13.0 Å². The second-order valence-electron chi connectivity index (χ2n) is 8.12. The molecule has 1 aliphatic rings. The second-order valence-corrected chi connectivity index (χ2v) is 8.12. The fourth-order valence-electron chi connectivity index (χ4n) is 4.29. The molecule has 0 aliphatic heterocycles. The number of nitrogens with two attached hydrogens (primary N) is 1. The molecule has 162 valence electrons. The molecule has 0 unspecified atom stereocenters. The summed E-state index contributed by atoms with van der Waals surface area (Å²) in [5.41, 5.74) is 13.4. The SMILES string of the molecule is C.C=C/C=C\C(=C/C)c1cc2c(ccn3cnnc23)nc1-c1ccc(C2(N)CCC2)cc1. The van der Waals surface area contributed by atoms with Crippen LogP contribution in [0.3, 0.4) is 0 Å². The molecule has 1 aromatic carbocycles. The molecule has 1 aliphatic carbocycles. The van der Waals surface area contributed by atoms with Crippen LogP contribution in [0.2, 0.25) is 0 Å². The molecule has 32 heavy (non-hydrogen) atoms. The zero-order chi connectivity index (χ0) is 21.4. The van der Waals surface area contributed by atoms with E-state index in [0.29, 0.717) is 0 Å². The van der Waals surface area contributed by atoms with Crippen LogP contribution >= 0.6 is 0 Å². The first-order valence-electron chi connectivity index (χ1n) is 10.6. The highest BCUT2D eigenvalue weighted by molar-refractivity contribution is 5.97.